The molecule has 0 aromatic carbocycles. The number of fused-ring (bicyclic) bond motifs is 1. The van der Waals surface area contributed by atoms with Gasteiger partial charge in [0.1, 0.15) is 6.10 Å². The lowest BCUT2D eigenvalue weighted by atomic mass is 10.1. The zero-order valence-electron chi connectivity index (χ0n) is 16.2. The van der Waals surface area contributed by atoms with Gasteiger partial charge in [-0.3, -0.25) is 9.69 Å². The number of rotatable bonds is 6. The average Bonchev–Trinajstić information content (AvgIpc) is 3.32. The zero-order valence-corrected chi connectivity index (χ0v) is 17.0. The van der Waals surface area contributed by atoms with Gasteiger partial charge in [-0.05, 0) is 25.5 Å². The van der Waals surface area contributed by atoms with Crippen molar-refractivity contribution in [2.24, 2.45) is 0 Å². The minimum Gasteiger partial charge on any atom is -0.475 e. The minimum absolute atomic E-state index is 0.00151. The number of alkyl halides is 3. The molecule has 1 aromatic heterocycles. The number of carbonyl (C=O) groups excluding carboxylic acids is 1. The molecule has 0 bridgehead atoms. The van der Waals surface area contributed by atoms with Gasteiger partial charge in [0.2, 0.25) is 5.91 Å². The third-order valence-corrected chi connectivity index (χ3v) is 5.67. The number of amides is 1. The number of carboxylic acid groups (broad SMARTS) is 1. The fourth-order valence-electron chi connectivity index (χ4n) is 3.36. The van der Waals surface area contributed by atoms with Crippen LogP contribution in [0.1, 0.15) is 22.6 Å². The second-order valence-electron chi connectivity index (χ2n) is 6.82. The van der Waals surface area contributed by atoms with Gasteiger partial charge in [-0.1, -0.05) is 0 Å². The Hall–Kier alpha value is -1.69. The lowest BCUT2D eigenvalue weighted by molar-refractivity contribution is -0.192. The number of nitrogens with zero attached hydrogens (tertiary/aromatic N) is 1. The van der Waals surface area contributed by atoms with Gasteiger partial charge in [-0.25, -0.2) is 4.79 Å². The standard InChI is InChI=1S/C16H24N2O3S.C2HF3O2/c1-11-3-4-12(22-11)10-18-7-5-14-13(18)9-15(21-14)16(19)17-6-8-20-2;3-2(4,5)1(6)7/h3-4,13-15H,5-10H2,1-2H3,(H,17,19);(H,6,7)/t13-,14-,15+;/m1./s1. The number of carboxylic acids is 1. The predicted molar refractivity (Wildman–Crippen MR) is 99.7 cm³/mol. The highest BCUT2D eigenvalue weighted by atomic mass is 32.1. The van der Waals surface area contributed by atoms with Crippen molar-refractivity contribution >= 4 is 23.2 Å². The van der Waals surface area contributed by atoms with Crippen LogP contribution < -0.4 is 5.32 Å². The summed E-state index contributed by atoms with van der Waals surface area (Å²) in [5.41, 5.74) is 0. The van der Waals surface area contributed by atoms with E-state index < -0.39 is 12.1 Å². The molecule has 3 atom stereocenters. The third-order valence-electron chi connectivity index (χ3n) is 4.69. The van der Waals surface area contributed by atoms with Crippen LogP contribution in [0.4, 0.5) is 13.2 Å². The van der Waals surface area contributed by atoms with E-state index in [2.05, 4.69) is 29.3 Å². The molecule has 0 spiro atoms. The van der Waals surface area contributed by atoms with Crippen LogP contribution in [0.2, 0.25) is 0 Å². The topological polar surface area (TPSA) is 88.1 Å². The van der Waals surface area contributed by atoms with Gasteiger partial charge in [-0.15, -0.1) is 11.3 Å². The second-order valence-corrected chi connectivity index (χ2v) is 8.20. The van der Waals surface area contributed by atoms with Crippen molar-refractivity contribution in [3.63, 3.8) is 0 Å². The monoisotopic (exact) mass is 438 g/mol. The molecular weight excluding hydrogens is 413 g/mol. The number of hydrogen-bond donors (Lipinski definition) is 2. The summed E-state index contributed by atoms with van der Waals surface area (Å²) in [7, 11) is 1.63. The Morgan fingerprint density at radius 3 is 2.66 bits per heavy atom. The van der Waals surface area contributed by atoms with Crippen LogP contribution in [-0.2, 0) is 25.6 Å². The highest BCUT2D eigenvalue weighted by molar-refractivity contribution is 7.11. The van der Waals surface area contributed by atoms with E-state index in [1.165, 1.54) is 9.75 Å². The summed E-state index contributed by atoms with van der Waals surface area (Å²) in [6, 6.07) is 4.75. The first-order valence-electron chi connectivity index (χ1n) is 9.13. The van der Waals surface area contributed by atoms with E-state index in [1.54, 1.807) is 7.11 Å². The first-order valence-corrected chi connectivity index (χ1v) is 9.95. The molecule has 1 amide bonds. The van der Waals surface area contributed by atoms with Crippen LogP contribution in [-0.4, -0.2) is 73.1 Å². The van der Waals surface area contributed by atoms with Crippen molar-refractivity contribution in [2.45, 2.75) is 50.7 Å². The number of thiophene rings is 1. The van der Waals surface area contributed by atoms with Crippen molar-refractivity contribution < 1.29 is 37.3 Å². The predicted octanol–water partition coefficient (Wildman–Crippen LogP) is 2.18. The molecule has 0 radical (unpaired) electrons. The van der Waals surface area contributed by atoms with Gasteiger partial charge in [-0.2, -0.15) is 13.2 Å². The molecule has 164 valence electrons. The second kappa shape index (κ2) is 10.4. The summed E-state index contributed by atoms with van der Waals surface area (Å²) in [6.45, 7) is 5.25. The Morgan fingerprint density at radius 1 is 1.41 bits per heavy atom. The van der Waals surface area contributed by atoms with Crippen LogP contribution in [0.5, 0.6) is 0 Å². The van der Waals surface area contributed by atoms with Crippen molar-refractivity contribution in [1.29, 1.82) is 0 Å². The lowest BCUT2D eigenvalue weighted by Gasteiger charge is -2.21. The molecule has 0 unspecified atom stereocenters. The molecule has 0 aliphatic carbocycles. The van der Waals surface area contributed by atoms with E-state index in [1.807, 2.05) is 11.3 Å². The molecule has 2 aliphatic rings. The SMILES string of the molecule is COCCNC(=O)[C@@H]1C[C@@H]2[C@@H](CCN2Cc2ccc(C)s2)O1.O=C(O)C(F)(F)F. The first-order chi connectivity index (χ1) is 13.6. The summed E-state index contributed by atoms with van der Waals surface area (Å²) in [5.74, 6) is -2.76. The third kappa shape index (κ3) is 6.95. The normalized spacial score (nSPS) is 24.0. The molecule has 29 heavy (non-hydrogen) atoms. The number of methoxy groups -OCH3 is 1. The van der Waals surface area contributed by atoms with E-state index in [0.29, 0.717) is 19.2 Å². The number of ether oxygens (including phenoxy) is 2. The maximum Gasteiger partial charge on any atom is 0.490 e. The lowest BCUT2D eigenvalue weighted by Crippen LogP contribution is -2.37. The smallest absolute Gasteiger partial charge is 0.475 e. The van der Waals surface area contributed by atoms with E-state index in [0.717, 1.165) is 25.9 Å². The van der Waals surface area contributed by atoms with Crippen LogP contribution in [0.3, 0.4) is 0 Å². The van der Waals surface area contributed by atoms with Crippen LogP contribution in [0.15, 0.2) is 12.1 Å². The quantitative estimate of drug-likeness (QED) is 0.662. The average molecular weight is 438 g/mol. The summed E-state index contributed by atoms with van der Waals surface area (Å²) in [6.07, 6.45) is -3.36. The van der Waals surface area contributed by atoms with E-state index in [9.17, 15) is 18.0 Å². The first kappa shape index (κ1) is 23.6. The zero-order chi connectivity index (χ0) is 21.6. The molecule has 2 fully saturated rings. The van der Waals surface area contributed by atoms with E-state index >= 15 is 0 Å². The van der Waals surface area contributed by atoms with Gasteiger partial charge < -0.3 is 19.9 Å². The van der Waals surface area contributed by atoms with Crippen molar-refractivity contribution in [1.82, 2.24) is 10.2 Å². The van der Waals surface area contributed by atoms with Gasteiger partial charge >= 0.3 is 12.1 Å². The molecular formula is C18H25F3N2O5S. The summed E-state index contributed by atoms with van der Waals surface area (Å²) >= 11 is 1.85. The van der Waals surface area contributed by atoms with Gasteiger partial charge in [0, 0.05) is 49.0 Å². The molecule has 7 nitrogen and oxygen atoms in total. The molecule has 3 heterocycles. The Morgan fingerprint density at radius 2 is 2.10 bits per heavy atom. The van der Waals surface area contributed by atoms with Gasteiger partial charge in [0.05, 0.1) is 12.7 Å². The van der Waals surface area contributed by atoms with Gasteiger partial charge in [0.25, 0.3) is 0 Å². The number of carbonyl (C=O) groups is 2. The summed E-state index contributed by atoms with van der Waals surface area (Å²) in [4.78, 5) is 26.2. The van der Waals surface area contributed by atoms with Crippen molar-refractivity contribution in [2.75, 3.05) is 26.8 Å². The largest absolute Gasteiger partial charge is 0.490 e. The van der Waals surface area contributed by atoms with E-state index in [-0.39, 0.29) is 18.1 Å². The number of likely N-dealkylation sites (tertiary alicyclic amines) is 1. The maximum atomic E-state index is 12.1. The molecule has 3 rings (SSSR count). The molecule has 11 heteroatoms. The number of aliphatic carboxylic acids is 1. The van der Waals surface area contributed by atoms with Crippen molar-refractivity contribution in [3.8, 4) is 0 Å². The fraction of sp³-hybridized carbons (Fsp3) is 0.667. The number of aryl methyl sites for hydroxylation is 1. The molecule has 0 saturated carbocycles. The maximum absolute atomic E-state index is 12.1. The number of nitrogens with one attached hydrogen (secondary N) is 1. The van der Waals surface area contributed by atoms with Crippen molar-refractivity contribution in [3.05, 3.63) is 21.9 Å². The fourth-order valence-corrected chi connectivity index (χ4v) is 4.27. The minimum atomic E-state index is -5.08. The van der Waals surface area contributed by atoms with Gasteiger partial charge in [0.15, 0.2) is 0 Å². The molecule has 1 aromatic rings. The Kier molecular flexibility index (Phi) is 8.44. The molecule has 2 aliphatic heterocycles. The molecule has 2 N–H and O–H groups in total. The molecule has 2 saturated heterocycles. The van der Waals surface area contributed by atoms with Crippen LogP contribution >= 0.6 is 11.3 Å². The highest BCUT2D eigenvalue weighted by Crippen LogP contribution is 2.34. The number of hydrogen-bond acceptors (Lipinski definition) is 6. The summed E-state index contributed by atoms with van der Waals surface area (Å²) < 4.78 is 42.6. The Bertz CT molecular complexity index is 697. The highest BCUT2D eigenvalue weighted by Gasteiger charge is 2.45. The van der Waals surface area contributed by atoms with E-state index in [4.69, 9.17) is 19.4 Å². The van der Waals surface area contributed by atoms with Crippen LogP contribution in [0.25, 0.3) is 0 Å². The number of halogens is 3. The summed E-state index contributed by atoms with van der Waals surface area (Å²) in [5, 5.41) is 10.0. The Balaban J connectivity index is 0.000000370. The Labute approximate surface area is 170 Å². The van der Waals surface area contributed by atoms with Crippen LogP contribution in [0, 0.1) is 6.92 Å².